The maximum absolute atomic E-state index is 12.5. The Morgan fingerprint density at radius 2 is 2.19 bits per heavy atom. The standard InChI is InChI=1S/C16H19N5O2.CH2O2/c1-11(23-3)9-21-7-6-17-15(21)14-13(4-5-18-16(14)22)12-8-19-20(2)10-12;2-1-3/h4-8,10-11H,9H2,1-3H3,(H,18,22);1H,(H,2,3). The van der Waals surface area contributed by atoms with Crippen molar-refractivity contribution in [3.63, 3.8) is 0 Å². The lowest BCUT2D eigenvalue weighted by molar-refractivity contribution is -0.122. The summed E-state index contributed by atoms with van der Waals surface area (Å²) in [5.41, 5.74) is 2.04. The Morgan fingerprint density at radius 3 is 2.81 bits per heavy atom. The van der Waals surface area contributed by atoms with Gasteiger partial charge in [-0.3, -0.25) is 14.3 Å². The first kappa shape index (κ1) is 19.1. The Hall–Kier alpha value is -3.20. The van der Waals surface area contributed by atoms with E-state index in [1.807, 2.05) is 37.0 Å². The molecule has 1 unspecified atom stereocenters. The number of imidazole rings is 1. The van der Waals surface area contributed by atoms with Gasteiger partial charge in [0.05, 0.1) is 24.4 Å². The summed E-state index contributed by atoms with van der Waals surface area (Å²) in [4.78, 5) is 27.9. The van der Waals surface area contributed by atoms with Gasteiger partial charge in [0.2, 0.25) is 0 Å². The van der Waals surface area contributed by atoms with E-state index in [4.69, 9.17) is 14.6 Å². The molecule has 0 saturated carbocycles. The van der Waals surface area contributed by atoms with E-state index in [9.17, 15) is 4.79 Å². The average molecular weight is 359 g/mol. The molecule has 0 fully saturated rings. The summed E-state index contributed by atoms with van der Waals surface area (Å²) in [5, 5.41) is 11.1. The third-order valence-electron chi connectivity index (χ3n) is 3.77. The van der Waals surface area contributed by atoms with Crippen LogP contribution in [0.4, 0.5) is 0 Å². The first-order valence-corrected chi connectivity index (χ1v) is 7.84. The first-order valence-electron chi connectivity index (χ1n) is 7.84. The van der Waals surface area contributed by atoms with Gasteiger partial charge >= 0.3 is 0 Å². The van der Waals surface area contributed by atoms with Crippen molar-refractivity contribution < 1.29 is 14.6 Å². The molecule has 3 rings (SSSR count). The zero-order valence-corrected chi connectivity index (χ0v) is 14.8. The summed E-state index contributed by atoms with van der Waals surface area (Å²) in [6.07, 6.45) is 8.82. The predicted molar refractivity (Wildman–Crippen MR) is 95.6 cm³/mol. The molecular formula is C17H21N5O4. The molecule has 9 heteroatoms. The van der Waals surface area contributed by atoms with Crippen LogP contribution in [0.1, 0.15) is 6.92 Å². The minimum Gasteiger partial charge on any atom is -0.483 e. The van der Waals surface area contributed by atoms with Gasteiger partial charge in [-0.2, -0.15) is 5.10 Å². The molecule has 0 aliphatic heterocycles. The maximum Gasteiger partial charge on any atom is 0.290 e. The number of aromatic nitrogens is 5. The molecule has 0 bridgehead atoms. The van der Waals surface area contributed by atoms with E-state index in [-0.39, 0.29) is 18.1 Å². The number of aryl methyl sites for hydroxylation is 1. The molecule has 1 atom stereocenters. The number of carbonyl (C=O) groups is 1. The van der Waals surface area contributed by atoms with E-state index < -0.39 is 0 Å². The first-order chi connectivity index (χ1) is 12.5. The lowest BCUT2D eigenvalue weighted by atomic mass is 10.0. The van der Waals surface area contributed by atoms with E-state index >= 15 is 0 Å². The Kier molecular flexibility index (Phi) is 6.45. The molecule has 26 heavy (non-hydrogen) atoms. The number of H-pyrrole nitrogens is 1. The number of nitrogens with zero attached hydrogens (tertiary/aromatic N) is 4. The third-order valence-corrected chi connectivity index (χ3v) is 3.77. The van der Waals surface area contributed by atoms with Crippen LogP contribution in [0.2, 0.25) is 0 Å². The third kappa shape index (κ3) is 4.25. The van der Waals surface area contributed by atoms with Crippen LogP contribution in [0.15, 0.2) is 41.8 Å². The Labute approximate surface area is 149 Å². The van der Waals surface area contributed by atoms with Gasteiger partial charge in [-0.05, 0) is 13.0 Å². The molecule has 0 saturated heterocycles. The maximum atomic E-state index is 12.5. The largest absolute Gasteiger partial charge is 0.483 e. The smallest absolute Gasteiger partial charge is 0.290 e. The molecular weight excluding hydrogens is 338 g/mol. The summed E-state index contributed by atoms with van der Waals surface area (Å²) < 4.78 is 8.95. The normalized spacial score (nSPS) is 11.5. The second-order valence-corrected chi connectivity index (χ2v) is 5.55. The number of aromatic amines is 1. The number of methoxy groups -OCH3 is 1. The summed E-state index contributed by atoms with van der Waals surface area (Å²) in [5.74, 6) is 0.620. The Bertz CT molecular complexity index is 912. The quantitative estimate of drug-likeness (QED) is 0.665. The molecule has 0 radical (unpaired) electrons. The zero-order valence-electron chi connectivity index (χ0n) is 14.8. The van der Waals surface area contributed by atoms with Crippen LogP contribution in [0.5, 0.6) is 0 Å². The number of nitrogens with one attached hydrogen (secondary N) is 1. The molecule has 0 aliphatic carbocycles. The summed E-state index contributed by atoms with van der Waals surface area (Å²) in [6.45, 7) is 2.34. The van der Waals surface area contributed by atoms with Crippen LogP contribution >= 0.6 is 0 Å². The van der Waals surface area contributed by atoms with Gasteiger partial charge < -0.3 is 19.4 Å². The van der Waals surface area contributed by atoms with E-state index in [1.54, 1.807) is 30.4 Å². The van der Waals surface area contributed by atoms with Crippen LogP contribution in [-0.4, -0.2) is 49.1 Å². The van der Waals surface area contributed by atoms with Gasteiger partial charge in [-0.15, -0.1) is 0 Å². The van der Waals surface area contributed by atoms with E-state index in [0.29, 0.717) is 17.9 Å². The minimum absolute atomic E-state index is 0.0209. The van der Waals surface area contributed by atoms with E-state index in [0.717, 1.165) is 11.1 Å². The highest BCUT2D eigenvalue weighted by Gasteiger charge is 2.18. The molecule has 2 N–H and O–H groups in total. The van der Waals surface area contributed by atoms with Crippen molar-refractivity contribution in [2.45, 2.75) is 19.6 Å². The number of carboxylic acid groups (broad SMARTS) is 1. The fourth-order valence-electron chi connectivity index (χ4n) is 2.54. The van der Waals surface area contributed by atoms with Crippen molar-refractivity contribution in [3.8, 4) is 22.5 Å². The van der Waals surface area contributed by atoms with Crippen LogP contribution < -0.4 is 5.56 Å². The van der Waals surface area contributed by atoms with Crippen molar-refractivity contribution in [1.29, 1.82) is 0 Å². The fraction of sp³-hybridized carbons (Fsp3) is 0.294. The van der Waals surface area contributed by atoms with Crippen molar-refractivity contribution in [2.75, 3.05) is 7.11 Å². The van der Waals surface area contributed by atoms with Crippen LogP contribution in [0.25, 0.3) is 22.5 Å². The number of rotatable bonds is 5. The molecule has 9 nitrogen and oxygen atoms in total. The number of pyridine rings is 1. The van der Waals surface area contributed by atoms with Crippen LogP contribution in [0.3, 0.4) is 0 Å². The van der Waals surface area contributed by atoms with E-state index in [1.165, 1.54) is 0 Å². The molecule has 3 aromatic rings. The molecule has 3 heterocycles. The summed E-state index contributed by atoms with van der Waals surface area (Å²) in [6, 6.07) is 1.87. The average Bonchev–Trinajstić information content (AvgIpc) is 3.24. The second kappa shape index (κ2) is 8.77. The van der Waals surface area contributed by atoms with Crippen molar-refractivity contribution >= 4 is 6.47 Å². The summed E-state index contributed by atoms with van der Waals surface area (Å²) in [7, 11) is 3.51. The highest BCUT2D eigenvalue weighted by Crippen LogP contribution is 2.27. The lowest BCUT2D eigenvalue weighted by Crippen LogP contribution is -2.18. The Morgan fingerprint density at radius 1 is 1.46 bits per heavy atom. The molecule has 0 aromatic carbocycles. The highest BCUT2D eigenvalue weighted by atomic mass is 16.5. The van der Waals surface area contributed by atoms with Crippen molar-refractivity contribution in [1.82, 2.24) is 24.3 Å². The Balaban J connectivity index is 0.000000758. The van der Waals surface area contributed by atoms with Crippen molar-refractivity contribution in [3.05, 3.63) is 47.4 Å². The van der Waals surface area contributed by atoms with Gasteiger partial charge in [-0.1, -0.05) is 0 Å². The molecule has 0 spiro atoms. The molecule has 0 aliphatic rings. The van der Waals surface area contributed by atoms with Crippen molar-refractivity contribution in [2.24, 2.45) is 7.05 Å². The van der Waals surface area contributed by atoms with Gasteiger partial charge in [0, 0.05) is 50.1 Å². The number of hydrogen-bond acceptors (Lipinski definition) is 5. The minimum atomic E-state index is -0.250. The zero-order chi connectivity index (χ0) is 19.1. The topological polar surface area (TPSA) is 115 Å². The fourth-order valence-corrected chi connectivity index (χ4v) is 2.54. The monoisotopic (exact) mass is 359 g/mol. The van der Waals surface area contributed by atoms with E-state index in [2.05, 4.69) is 15.1 Å². The SMILES string of the molecule is COC(C)Cn1ccnc1-c1c(-c2cnn(C)c2)cc[nH]c1=O.O=CO. The molecule has 138 valence electrons. The van der Waals surface area contributed by atoms with Gasteiger partial charge in [0.25, 0.3) is 12.0 Å². The molecule has 3 aromatic heterocycles. The molecule has 0 amide bonds. The van der Waals surface area contributed by atoms with Crippen LogP contribution in [0, 0.1) is 0 Å². The number of ether oxygens (including phenoxy) is 1. The predicted octanol–water partition coefficient (Wildman–Crippen LogP) is 1.37. The van der Waals surface area contributed by atoms with Gasteiger partial charge in [0.15, 0.2) is 0 Å². The van der Waals surface area contributed by atoms with Gasteiger partial charge in [0.1, 0.15) is 5.82 Å². The summed E-state index contributed by atoms with van der Waals surface area (Å²) >= 11 is 0. The number of hydrogen-bond donors (Lipinski definition) is 2. The second-order valence-electron chi connectivity index (χ2n) is 5.55. The lowest BCUT2D eigenvalue weighted by Gasteiger charge is -2.14. The van der Waals surface area contributed by atoms with Gasteiger partial charge in [-0.25, -0.2) is 4.98 Å². The highest BCUT2D eigenvalue weighted by molar-refractivity contribution is 5.79. The van der Waals surface area contributed by atoms with Crippen LogP contribution in [-0.2, 0) is 23.1 Å².